The van der Waals surface area contributed by atoms with E-state index in [0.29, 0.717) is 72.5 Å². The minimum Gasteiger partial charge on any atom is -0.369 e. The fourth-order valence-electron chi connectivity index (χ4n) is 9.83. The molecule has 68 heavy (non-hydrogen) atoms. The normalized spacial score (nSPS) is 12.9. The van der Waals surface area contributed by atoms with E-state index in [1.165, 1.54) is 4.90 Å². The zero-order chi connectivity index (χ0) is 46.5. The lowest BCUT2D eigenvalue weighted by Gasteiger charge is -2.28. The molecule has 0 aliphatic carbocycles. The predicted molar refractivity (Wildman–Crippen MR) is 265 cm³/mol. The monoisotopic (exact) mass is 870 g/mol. The molecular formula is C60H34N6O2. The molecule has 1 N–H and O–H groups in total. The van der Waals surface area contributed by atoms with Crippen molar-refractivity contribution in [1.29, 1.82) is 21.0 Å². The SMILES string of the molecule is N#Cc1ccc(-c2cccc3c4cccc(-c5ccc(C#N)cc5C#N)c4n(-c4cccc5c4C(=O)N(c4c(-c6ccccc6)cc(-c6ccccc6)cc4-c4ccccc4)C5O)c23)c(C#N)c1. The number of aliphatic hydroxyl groups is 1. The molecule has 0 bridgehead atoms. The largest absolute Gasteiger partial charge is 0.369 e. The lowest BCUT2D eigenvalue weighted by atomic mass is 9.90. The van der Waals surface area contributed by atoms with E-state index in [1.54, 1.807) is 42.5 Å². The first-order valence-corrected chi connectivity index (χ1v) is 21.9. The maximum Gasteiger partial charge on any atom is 0.263 e. The number of rotatable bonds is 7. The Morgan fingerprint density at radius 1 is 0.426 bits per heavy atom. The van der Waals surface area contributed by atoms with Gasteiger partial charge in [0, 0.05) is 49.7 Å². The number of nitriles is 4. The van der Waals surface area contributed by atoms with Crippen LogP contribution in [0.5, 0.6) is 0 Å². The average molecular weight is 871 g/mol. The molecule has 0 fully saturated rings. The van der Waals surface area contributed by atoms with Gasteiger partial charge in [-0.1, -0.05) is 152 Å². The number of hydrogen-bond acceptors (Lipinski definition) is 6. The molecule has 1 amide bonds. The van der Waals surface area contributed by atoms with Crippen molar-refractivity contribution in [1.82, 2.24) is 4.57 Å². The minimum atomic E-state index is -1.41. The van der Waals surface area contributed by atoms with Crippen molar-refractivity contribution in [2.75, 3.05) is 4.90 Å². The minimum absolute atomic E-state index is 0.272. The molecule has 0 saturated carbocycles. The summed E-state index contributed by atoms with van der Waals surface area (Å²) in [6.45, 7) is 0. The van der Waals surface area contributed by atoms with Gasteiger partial charge in [-0.15, -0.1) is 0 Å². The van der Waals surface area contributed by atoms with E-state index in [1.807, 2.05) is 132 Å². The van der Waals surface area contributed by atoms with Gasteiger partial charge in [0.05, 0.1) is 74.5 Å². The number of benzene rings is 9. The van der Waals surface area contributed by atoms with Gasteiger partial charge in [-0.05, 0) is 64.7 Å². The number of para-hydroxylation sites is 2. The van der Waals surface area contributed by atoms with Gasteiger partial charge in [-0.2, -0.15) is 21.0 Å². The Bertz CT molecular complexity index is 3690. The first-order chi connectivity index (χ1) is 33.4. The summed E-state index contributed by atoms with van der Waals surface area (Å²) in [5.74, 6) is -0.429. The third-order valence-corrected chi connectivity index (χ3v) is 12.8. The summed E-state index contributed by atoms with van der Waals surface area (Å²) in [6.07, 6.45) is -1.41. The number of amides is 1. The van der Waals surface area contributed by atoms with Crippen molar-refractivity contribution in [3.05, 3.63) is 228 Å². The topological polar surface area (TPSA) is 141 Å². The van der Waals surface area contributed by atoms with Crippen LogP contribution in [0.2, 0.25) is 0 Å². The summed E-state index contributed by atoms with van der Waals surface area (Å²) in [5, 5.41) is 55.0. The van der Waals surface area contributed by atoms with Crippen molar-refractivity contribution >= 4 is 33.4 Å². The van der Waals surface area contributed by atoms with Crippen LogP contribution in [0.25, 0.3) is 83.1 Å². The van der Waals surface area contributed by atoms with E-state index in [9.17, 15) is 26.2 Å². The van der Waals surface area contributed by atoms with Gasteiger partial charge in [-0.3, -0.25) is 9.69 Å². The van der Waals surface area contributed by atoms with Crippen molar-refractivity contribution in [3.63, 3.8) is 0 Å². The number of nitrogens with zero attached hydrogens (tertiary/aromatic N) is 6. The van der Waals surface area contributed by atoms with Gasteiger partial charge in [0.25, 0.3) is 5.91 Å². The molecule has 1 aliphatic heterocycles. The van der Waals surface area contributed by atoms with Crippen LogP contribution in [0.4, 0.5) is 5.69 Å². The fraction of sp³-hybridized carbons (Fsp3) is 0.0167. The molecule has 1 atom stereocenters. The van der Waals surface area contributed by atoms with Gasteiger partial charge in [0.1, 0.15) is 0 Å². The van der Waals surface area contributed by atoms with E-state index < -0.39 is 12.1 Å². The molecular weight excluding hydrogens is 837 g/mol. The molecule has 9 aromatic carbocycles. The number of aliphatic hydroxyl groups excluding tert-OH is 1. The molecule has 1 aliphatic rings. The highest BCUT2D eigenvalue weighted by atomic mass is 16.3. The first-order valence-electron chi connectivity index (χ1n) is 21.9. The second kappa shape index (κ2) is 16.6. The number of hydrogen-bond donors (Lipinski definition) is 1. The molecule has 10 aromatic rings. The van der Waals surface area contributed by atoms with Crippen LogP contribution in [-0.2, 0) is 0 Å². The van der Waals surface area contributed by atoms with Crippen molar-refractivity contribution in [2.45, 2.75) is 6.23 Å². The first kappa shape index (κ1) is 40.9. The lowest BCUT2D eigenvalue weighted by molar-refractivity contribution is 0.0935. The Balaban J connectivity index is 1.23. The zero-order valence-corrected chi connectivity index (χ0v) is 36.1. The highest BCUT2D eigenvalue weighted by Crippen LogP contribution is 2.51. The molecule has 316 valence electrons. The summed E-state index contributed by atoms with van der Waals surface area (Å²) in [6, 6.07) is 70.0. The van der Waals surface area contributed by atoms with Gasteiger partial charge in [0.2, 0.25) is 0 Å². The Labute approximate surface area is 391 Å². The molecule has 0 spiro atoms. The standard InChI is InChI=1S/C60H34N6O2/c61-33-37-25-27-45(43(29-37)35-63)47-19-10-21-49-50-22-11-20-48(46-28-26-38(34-62)30-44(46)36-64)57(50)65(56(47)49)54-24-12-23-51-55(54)60(68)66(59(51)67)58-52(40-15-6-2-7-16-40)31-42(39-13-4-1-5-14-39)32-53(58)41-17-8-3-9-18-41/h1-32,59,67H. The Morgan fingerprint density at radius 2 is 0.897 bits per heavy atom. The molecule has 1 aromatic heterocycles. The third kappa shape index (κ3) is 6.50. The molecule has 0 radical (unpaired) electrons. The second-order valence-corrected chi connectivity index (χ2v) is 16.5. The zero-order valence-electron chi connectivity index (χ0n) is 36.1. The predicted octanol–water partition coefficient (Wildman–Crippen LogP) is 13.3. The van der Waals surface area contributed by atoms with Crippen LogP contribution in [0.1, 0.15) is 44.4 Å². The second-order valence-electron chi connectivity index (χ2n) is 16.5. The van der Waals surface area contributed by atoms with E-state index in [4.69, 9.17) is 0 Å². The van der Waals surface area contributed by atoms with Crippen molar-refractivity contribution in [2.24, 2.45) is 0 Å². The van der Waals surface area contributed by atoms with Gasteiger partial charge >= 0.3 is 0 Å². The van der Waals surface area contributed by atoms with Gasteiger partial charge < -0.3 is 9.67 Å². The molecule has 11 rings (SSSR count). The average Bonchev–Trinajstić information content (AvgIpc) is 3.88. The number of aromatic nitrogens is 1. The maximum atomic E-state index is 16.0. The number of fused-ring (bicyclic) bond motifs is 4. The number of anilines is 1. The Hall–Kier alpha value is -9.83. The smallest absolute Gasteiger partial charge is 0.263 e. The highest BCUT2D eigenvalue weighted by molar-refractivity contribution is 6.21. The van der Waals surface area contributed by atoms with E-state index in [2.05, 4.69) is 48.5 Å². The van der Waals surface area contributed by atoms with Gasteiger partial charge in [0.15, 0.2) is 6.23 Å². The Morgan fingerprint density at radius 3 is 1.37 bits per heavy atom. The summed E-state index contributed by atoms with van der Waals surface area (Å²) in [5.41, 5.74) is 11.9. The molecule has 2 heterocycles. The number of carbonyl (C=O) groups is 1. The van der Waals surface area contributed by atoms with E-state index >= 15 is 4.79 Å². The van der Waals surface area contributed by atoms with Crippen LogP contribution in [0, 0.1) is 45.3 Å². The third-order valence-electron chi connectivity index (χ3n) is 12.8. The quantitative estimate of drug-likeness (QED) is 0.169. The van der Waals surface area contributed by atoms with E-state index in [-0.39, 0.29) is 5.56 Å². The Kier molecular flexibility index (Phi) is 10.0. The maximum absolute atomic E-state index is 16.0. The van der Waals surface area contributed by atoms with Crippen LogP contribution in [0.3, 0.4) is 0 Å². The van der Waals surface area contributed by atoms with Crippen LogP contribution in [0.15, 0.2) is 194 Å². The van der Waals surface area contributed by atoms with Crippen LogP contribution >= 0.6 is 0 Å². The fourth-order valence-corrected chi connectivity index (χ4v) is 9.83. The van der Waals surface area contributed by atoms with Crippen LogP contribution in [-0.4, -0.2) is 15.6 Å². The molecule has 0 saturated heterocycles. The number of carbonyl (C=O) groups excluding carboxylic acids is 1. The molecule has 8 nitrogen and oxygen atoms in total. The summed E-state index contributed by atoms with van der Waals surface area (Å²) in [7, 11) is 0. The summed E-state index contributed by atoms with van der Waals surface area (Å²) < 4.78 is 2.01. The molecule has 1 unspecified atom stereocenters. The molecule has 8 heteroatoms. The van der Waals surface area contributed by atoms with Crippen molar-refractivity contribution < 1.29 is 9.90 Å². The lowest BCUT2D eigenvalue weighted by Crippen LogP contribution is -2.29. The van der Waals surface area contributed by atoms with Crippen LogP contribution < -0.4 is 4.90 Å². The van der Waals surface area contributed by atoms with E-state index in [0.717, 1.165) is 44.2 Å². The van der Waals surface area contributed by atoms with Crippen molar-refractivity contribution in [3.8, 4) is 85.6 Å². The summed E-state index contributed by atoms with van der Waals surface area (Å²) >= 11 is 0. The summed E-state index contributed by atoms with van der Waals surface area (Å²) in [4.78, 5) is 17.5. The highest BCUT2D eigenvalue weighted by Gasteiger charge is 2.42. The van der Waals surface area contributed by atoms with Gasteiger partial charge in [-0.25, -0.2) is 0 Å².